The predicted octanol–water partition coefficient (Wildman–Crippen LogP) is 5.39. The lowest BCUT2D eigenvalue weighted by Gasteiger charge is -2.30. The van der Waals surface area contributed by atoms with E-state index in [-0.39, 0.29) is 43.4 Å². The van der Waals surface area contributed by atoms with Gasteiger partial charge in [-0.15, -0.1) is 29.9 Å². The summed E-state index contributed by atoms with van der Waals surface area (Å²) < 4.78 is 12.4. The summed E-state index contributed by atoms with van der Waals surface area (Å²) >= 11 is 0. The van der Waals surface area contributed by atoms with Crippen LogP contribution in [0.1, 0.15) is 64.0 Å². The number of piperidine rings is 1. The molecule has 2 heterocycles. The van der Waals surface area contributed by atoms with Gasteiger partial charge < -0.3 is 19.9 Å². The number of aryl methyl sites for hydroxylation is 1. The van der Waals surface area contributed by atoms with Gasteiger partial charge in [0.2, 0.25) is 5.88 Å². The number of hydrogen-bond donors (Lipinski definition) is 2. The molecule has 1 saturated carbocycles. The zero-order valence-electron chi connectivity index (χ0n) is 20.1. The van der Waals surface area contributed by atoms with E-state index in [0.29, 0.717) is 12.0 Å². The van der Waals surface area contributed by atoms with Crippen LogP contribution in [0.2, 0.25) is 0 Å². The molecule has 2 atom stereocenters. The molecule has 4 rings (SSSR count). The van der Waals surface area contributed by atoms with Gasteiger partial charge in [-0.2, -0.15) is 5.10 Å². The van der Waals surface area contributed by atoms with E-state index in [0.717, 1.165) is 74.2 Å². The lowest BCUT2D eigenvalue weighted by atomic mass is 9.97. The summed E-state index contributed by atoms with van der Waals surface area (Å²) in [6.07, 6.45) is 10.4. The molecule has 0 spiro atoms. The maximum atomic E-state index is 9.69. The zero-order chi connectivity index (χ0) is 22.2. The average molecular weight is 513 g/mol. The maximum absolute atomic E-state index is 9.69. The third kappa shape index (κ3) is 7.70. The second kappa shape index (κ2) is 14.7. The number of unbranched alkanes of at least 4 members (excludes halogenated alkanes) is 1. The van der Waals surface area contributed by atoms with E-state index in [2.05, 4.69) is 46.7 Å². The summed E-state index contributed by atoms with van der Waals surface area (Å²) in [5.74, 6) is 1.55. The first-order valence-corrected chi connectivity index (χ1v) is 12.4. The lowest BCUT2D eigenvalue weighted by Crippen LogP contribution is -2.44. The highest BCUT2D eigenvalue weighted by atomic mass is 35.5. The molecule has 6 nitrogen and oxygen atoms in total. The van der Waals surface area contributed by atoms with Gasteiger partial charge in [0.25, 0.3) is 0 Å². The highest BCUT2D eigenvalue weighted by Crippen LogP contribution is 2.30. The van der Waals surface area contributed by atoms with E-state index in [1.165, 1.54) is 19.3 Å². The molecule has 0 amide bonds. The second-order valence-corrected chi connectivity index (χ2v) is 9.14. The Morgan fingerprint density at radius 1 is 1.00 bits per heavy atom. The Balaban J connectivity index is 0.00000204. The Morgan fingerprint density at radius 3 is 2.47 bits per heavy atom. The number of aliphatic hydroxyl groups excluding tert-OH is 1. The van der Waals surface area contributed by atoms with Gasteiger partial charge in [0.05, 0.1) is 18.4 Å². The predicted molar refractivity (Wildman–Crippen MR) is 141 cm³/mol. The van der Waals surface area contributed by atoms with E-state index < -0.39 is 0 Å². The summed E-state index contributed by atoms with van der Waals surface area (Å²) in [5.41, 5.74) is 3.18. The molecule has 34 heavy (non-hydrogen) atoms. The van der Waals surface area contributed by atoms with Crippen LogP contribution in [0, 0.1) is 5.92 Å². The van der Waals surface area contributed by atoms with Crippen molar-refractivity contribution in [2.24, 2.45) is 5.92 Å². The van der Waals surface area contributed by atoms with Gasteiger partial charge in [0.15, 0.2) is 0 Å². The van der Waals surface area contributed by atoms with Gasteiger partial charge in [-0.3, -0.25) is 0 Å². The number of nitrogens with zero attached hydrogens (tertiary/aromatic N) is 2. The fourth-order valence-electron chi connectivity index (χ4n) is 4.72. The topological polar surface area (TPSA) is 76.5 Å². The molecule has 2 aliphatic rings. The molecule has 2 unspecified atom stereocenters. The Labute approximate surface area is 216 Å². The number of rotatable bonds is 9. The molecule has 1 aliphatic heterocycles. The van der Waals surface area contributed by atoms with Crippen molar-refractivity contribution in [2.45, 2.75) is 76.9 Å². The largest absolute Gasteiger partial charge is 0.490 e. The molecule has 190 valence electrons. The maximum Gasteiger partial charge on any atom is 0.234 e. The first-order valence-electron chi connectivity index (χ1n) is 12.4. The molecular weight excluding hydrogens is 473 g/mol. The lowest BCUT2D eigenvalue weighted by molar-refractivity contribution is 0.0588. The Kier molecular flexibility index (Phi) is 12.4. The van der Waals surface area contributed by atoms with Crippen LogP contribution in [0.3, 0.4) is 0 Å². The van der Waals surface area contributed by atoms with Crippen LogP contribution < -0.4 is 14.8 Å². The van der Waals surface area contributed by atoms with Crippen LogP contribution in [-0.4, -0.2) is 47.2 Å². The minimum absolute atomic E-state index is 0. The smallest absolute Gasteiger partial charge is 0.234 e. The van der Waals surface area contributed by atoms with Crippen molar-refractivity contribution in [1.82, 2.24) is 15.5 Å². The first-order chi connectivity index (χ1) is 15.8. The van der Waals surface area contributed by atoms with Crippen molar-refractivity contribution >= 4 is 24.8 Å². The van der Waals surface area contributed by atoms with Crippen LogP contribution in [-0.2, 0) is 6.42 Å². The van der Waals surface area contributed by atoms with E-state index >= 15 is 0 Å². The standard InChI is InChI=1S/C26H37N3O3.2ClH/c1-2-3-9-24-23(16-26(29-28-24)32-25-14-15-27-17-20(25)18-30)19-10-12-22(13-11-19)31-21-7-5-4-6-8-21;;/h10-13,16,20-21,25,27,30H,2-9,14-15,17-18H2,1H3;2*1H. The number of benzene rings is 1. The fraction of sp³-hybridized carbons (Fsp3) is 0.615. The molecule has 2 N–H and O–H groups in total. The summed E-state index contributed by atoms with van der Waals surface area (Å²) in [5, 5.41) is 21.9. The molecule has 2 aromatic rings. The highest BCUT2D eigenvalue weighted by Gasteiger charge is 2.27. The van der Waals surface area contributed by atoms with Crippen LogP contribution in [0.25, 0.3) is 11.1 Å². The van der Waals surface area contributed by atoms with Crippen molar-refractivity contribution in [3.8, 4) is 22.8 Å². The molecular formula is C26H39Cl2N3O3. The highest BCUT2D eigenvalue weighted by molar-refractivity contribution is 5.85. The van der Waals surface area contributed by atoms with E-state index in [4.69, 9.17) is 9.47 Å². The number of ether oxygens (including phenoxy) is 2. The summed E-state index contributed by atoms with van der Waals surface area (Å²) in [6, 6.07) is 10.4. The van der Waals surface area contributed by atoms with Crippen LogP contribution in [0.5, 0.6) is 11.6 Å². The summed E-state index contributed by atoms with van der Waals surface area (Å²) in [4.78, 5) is 0. The van der Waals surface area contributed by atoms with E-state index in [9.17, 15) is 5.11 Å². The monoisotopic (exact) mass is 511 g/mol. The number of halogens is 2. The minimum atomic E-state index is -0.0452. The SMILES string of the molecule is CCCCc1nnc(OC2CCNCC2CO)cc1-c1ccc(OC2CCCCC2)cc1.Cl.Cl. The number of nitrogens with one attached hydrogen (secondary N) is 1. The van der Waals surface area contributed by atoms with Gasteiger partial charge in [-0.1, -0.05) is 31.9 Å². The molecule has 1 saturated heterocycles. The number of aliphatic hydroxyl groups is 1. The summed E-state index contributed by atoms with van der Waals surface area (Å²) in [7, 11) is 0. The Morgan fingerprint density at radius 2 is 1.76 bits per heavy atom. The molecule has 1 aliphatic carbocycles. The minimum Gasteiger partial charge on any atom is -0.490 e. The Hall–Kier alpha value is -1.60. The van der Waals surface area contributed by atoms with E-state index in [1.54, 1.807) is 0 Å². The molecule has 1 aromatic carbocycles. The third-order valence-electron chi connectivity index (χ3n) is 6.68. The second-order valence-electron chi connectivity index (χ2n) is 9.14. The van der Waals surface area contributed by atoms with Crippen LogP contribution >= 0.6 is 24.8 Å². The van der Waals surface area contributed by atoms with E-state index in [1.807, 2.05) is 6.07 Å². The van der Waals surface area contributed by atoms with Crippen LogP contribution in [0.4, 0.5) is 0 Å². The molecule has 0 radical (unpaired) electrons. The Bertz CT molecular complexity index is 848. The molecule has 8 heteroatoms. The van der Waals surface area contributed by atoms with Crippen molar-refractivity contribution < 1.29 is 14.6 Å². The number of aromatic nitrogens is 2. The van der Waals surface area contributed by atoms with Gasteiger partial charge in [-0.25, -0.2) is 0 Å². The first kappa shape index (κ1) is 28.6. The fourth-order valence-corrected chi connectivity index (χ4v) is 4.72. The normalized spacial score (nSPS) is 20.6. The van der Waals surface area contributed by atoms with Gasteiger partial charge >= 0.3 is 0 Å². The zero-order valence-corrected chi connectivity index (χ0v) is 21.7. The molecule has 0 bridgehead atoms. The van der Waals surface area contributed by atoms with Crippen LogP contribution in [0.15, 0.2) is 30.3 Å². The quantitative estimate of drug-likeness (QED) is 0.469. The van der Waals surface area contributed by atoms with Crippen molar-refractivity contribution in [3.63, 3.8) is 0 Å². The van der Waals surface area contributed by atoms with Crippen molar-refractivity contribution in [2.75, 3.05) is 19.7 Å². The van der Waals surface area contributed by atoms with Crippen molar-refractivity contribution in [1.29, 1.82) is 0 Å². The average Bonchev–Trinajstić information content (AvgIpc) is 2.85. The molecule has 2 fully saturated rings. The summed E-state index contributed by atoms with van der Waals surface area (Å²) in [6.45, 7) is 3.94. The van der Waals surface area contributed by atoms with Gasteiger partial charge in [0.1, 0.15) is 11.9 Å². The van der Waals surface area contributed by atoms with Gasteiger partial charge in [0, 0.05) is 24.1 Å². The van der Waals surface area contributed by atoms with Gasteiger partial charge in [-0.05, 0) is 69.2 Å². The van der Waals surface area contributed by atoms with Crippen molar-refractivity contribution in [3.05, 3.63) is 36.0 Å². The molecule has 1 aromatic heterocycles. The number of hydrogen-bond acceptors (Lipinski definition) is 6. The third-order valence-corrected chi connectivity index (χ3v) is 6.68.